The molecular formula is C13H13F2N7O. The van der Waals surface area contributed by atoms with Gasteiger partial charge in [-0.1, -0.05) is 6.07 Å². The lowest BCUT2D eigenvalue weighted by molar-refractivity contribution is -0.0374. The third kappa shape index (κ3) is 2.80. The normalized spacial score (nSPS) is 15.3. The fraction of sp³-hybridized carbons (Fsp3) is 0.308. The Kier molecular flexibility index (Phi) is 3.82. The number of tetrazole rings is 1. The average molecular weight is 321 g/mol. The Labute approximate surface area is 129 Å². The Hall–Kier alpha value is -2.75. The van der Waals surface area contributed by atoms with Crippen molar-refractivity contribution in [2.75, 3.05) is 0 Å². The number of rotatable bonds is 5. The van der Waals surface area contributed by atoms with Gasteiger partial charge in [0.2, 0.25) is 0 Å². The highest BCUT2D eigenvalue weighted by Gasteiger charge is 2.41. The summed E-state index contributed by atoms with van der Waals surface area (Å²) >= 11 is 0. The molecule has 0 aliphatic carbocycles. The molecule has 1 aromatic carbocycles. The van der Waals surface area contributed by atoms with E-state index in [1.54, 1.807) is 6.92 Å². The van der Waals surface area contributed by atoms with Crippen LogP contribution in [0.25, 0.3) is 0 Å². The molecule has 0 spiro atoms. The summed E-state index contributed by atoms with van der Waals surface area (Å²) in [7, 11) is 0. The molecular weight excluding hydrogens is 308 g/mol. The highest BCUT2D eigenvalue weighted by atomic mass is 19.1. The maximum absolute atomic E-state index is 14.3. The standard InChI is InChI=1S/C13H13F2N7O/c1-9(22-8-17-19-20-22)13(23,5-21-7-16-6-18-21)11-3-2-10(14)4-12(11)15/h2-4,6-9,23H,5H2,1H3. The van der Waals surface area contributed by atoms with Crippen LogP contribution in [0.4, 0.5) is 8.78 Å². The topological polar surface area (TPSA) is 94.5 Å². The minimum atomic E-state index is -1.78. The molecule has 8 nitrogen and oxygen atoms in total. The fourth-order valence-corrected chi connectivity index (χ4v) is 2.41. The van der Waals surface area contributed by atoms with Crippen LogP contribution >= 0.6 is 0 Å². The number of benzene rings is 1. The molecule has 0 radical (unpaired) electrons. The molecule has 2 heterocycles. The van der Waals surface area contributed by atoms with E-state index in [0.29, 0.717) is 6.07 Å². The number of halogens is 2. The second-order valence-corrected chi connectivity index (χ2v) is 5.11. The highest BCUT2D eigenvalue weighted by molar-refractivity contribution is 5.26. The average Bonchev–Trinajstić information content (AvgIpc) is 3.19. The third-order valence-corrected chi connectivity index (χ3v) is 3.72. The molecule has 2 aromatic heterocycles. The molecule has 0 saturated heterocycles. The first kappa shape index (κ1) is 15.2. The van der Waals surface area contributed by atoms with E-state index in [9.17, 15) is 13.9 Å². The molecule has 0 bridgehead atoms. The predicted molar refractivity (Wildman–Crippen MR) is 72.8 cm³/mol. The maximum Gasteiger partial charge on any atom is 0.138 e. The van der Waals surface area contributed by atoms with E-state index in [4.69, 9.17) is 0 Å². The van der Waals surface area contributed by atoms with Crippen molar-refractivity contribution in [2.24, 2.45) is 0 Å². The van der Waals surface area contributed by atoms with Crippen LogP contribution in [-0.4, -0.2) is 40.1 Å². The lowest BCUT2D eigenvalue weighted by Gasteiger charge is -2.34. The van der Waals surface area contributed by atoms with E-state index in [1.807, 2.05) is 0 Å². The number of hydrogen-bond donors (Lipinski definition) is 1. The van der Waals surface area contributed by atoms with Gasteiger partial charge in [-0.3, -0.25) is 0 Å². The van der Waals surface area contributed by atoms with Gasteiger partial charge >= 0.3 is 0 Å². The minimum Gasteiger partial charge on any atom is -0.381 e. The van der Waals surface area contributed by atoms with Crippen molar-refractivity contribution in [3.63, 3.8) is 0 Å². The monoisotopic (exact) mass is 321 g/mol. The van der Waals surface area contributed by atoms with Crippen molar-refractivity contribution in [1.29, 1.82) is 0 Å². The summed E-state index contributed by atoms with van der Waals surface area (Å²) < 4.78 is 30.1. The SMILES string of the molecule is CC(n1cnnn1)C(O)(Cn1cncn1)c1ccc(F)cc1F. The molecule has 0 aliphatic rings. The molecule has 23 heavy (non-hydrogen) atoms. The second-order valence-electron chi connectivity index (χ2n) is 5.11. The minimum absolute atomic E-state index is 0.0857. The first-order chi connectivity index (χ1) is 11.0. The third-order valence-electron chi connectivity index (χ3n) is 3.72. The van der Waals surface area contributed by atoms with E-state index in [2.05, 4.69) is 25.6 Å². The van der Waals surface area contributed by atoms with Crippen molar-refractivity contribution in [1.82, 2.24) is 35.0 Å². The van der Waals surface area contributed by atoms with E-state index in [-0.39, 0.29) is 12.1 Å². The first-order valence-corrected chi connectivity index (χ1v) is 6.73. The Balaban J connectivity index is 2.08. The quantitative estimate of drug-likeness (QED) is 0.743. The largest absolute Gasteiger partial charge is 0.381 e. The molecule has 0 saturated carbocycles. The summed E-state index contributed by atoms with van der Waals surface area (Å²) in [6.45, 7) is 1.51. The van der Waals surface area contributed by atoms with Gasteiger partial charge in [0.05, 0.1) is 12.6 Å². The molecule has 0 amide bonds. The van der Waals surface area contributed by atoms with E-state index in [1.165, 1.54) is 34.4 Å². The summed E-state index contributed by atoms with van der Waals surface area (Å²) in [5, 5.41) is 25.9. The molecule has 3 rings (SSSR count). The smallest absolute Gasteiger partial charge is 0.138 e. The van der Waals surface area contributed by atoms with Crippen molar-refractivity contribution >= 4 is 0 Å². The molecule has 3 aromatic rings. The van der Waals surface area contributed by atoms with Gasteiger partial charge in [0.15, 0.2) is 0 Å². The summed E-state index contributed by atoms with van der Waals surface area (Å²) in [5.74, 6) is -1.60. The van der Waals surface area contributed by atoms with Crippen molar-refractivity contribution in [3.8, 4) is 0 Å². The summed E-state index contributed by atoms with van der Waals surface area (Å²) in [4.78, 5) is 3.80. The molecule has 0 fully saturated rings. The molecule has 10 heteroatoms. The van der Waals surface area contributed by atoms with E-state index in [0.717, 1.165) is 6.07 Å². The van der Waals surface area contributed by atoms with Crippen LogP contribution in [0.15, 0.2) is 37.2 Å². The summed E-state index contributed by atoms with van der Waals surface area (Å²) in [6, 6.07) is 2.25. The van der Waals surface area contributed by atoms with Gasteiger partial charge in [-0.25, -0.2) is 23.1 Å². The van der Waals surface area contributed by atoms with Crippen LogP contribution in [0, 0.1) is 11.6 Å². The van der Waals surface area contributed by atoms with Crippen LogP contribution in [0.1, 0.15) is 18.5 Å². The van der Waals surface area contributed by atoms with E-state index >= 15 is 0 Å². The predicted octanol–water partition coefficient (Wildman–Crippen LogP) is 0.692. The summed E-state index contributed by atoms with van der Waals surface area (Å²) in [5.41, 5.74) is -1.86. The lowest BCUT2D eigenvalue weighted by atomic mass is 9.86. The Bertz CT molecular complexity index is 778. The van der Waals surface area contributed by atoms with Crippen LogP contribution < -0.4 is 0 Å². The maximum atomic E-state index is 14.3. The van der Waals surface area contributed by atoms with Gasteiger partial charge in [0.1, 0.15) is 36.2 Å². The van der Waals surface area contributed by atoms with Gasteiger partial charge in [-0.05, 0) is 23.4 Å². The Morgan fingerprint density at radius 1 is 1.30 bits per heavy atom. The van der Waals surface area contributed by atoms with Crippen LogP contribution in [0.2, 0.25) is 0 Å². The summed E-state index contributed by atoms with van der Waals surface area (Å²) in [6.07, 6.45) is 3.99. The highest BCUT2D eigenvalue weighted by Crippen LogP contribution is 2.35. The molecule has 1 N–H and O–H groups in total. The van der Waals surface area contributed by atoms with Gasteiger partial charge in [-0.2, -0.15) is 5.10 Å². The van der Waals surface area contributed by atoms with Crippen LogP contribution in [0.3, 0.4) is 0 Å². The lowest BCUT2D eigenvalue weighted by Crippen LogP contribution is -2.41. The van der Waals surface area contributed by atoms with Gasteiger partial charge in [0.25, 0.3) is 0 Å². The second kappa shape index (κ2) is 5.80. The number of aliphatic hydroxyl groups is 1. The number of aromatic nitrogens is 7. The van der Waals surface area contributed by atoms with Crippen molar-refractivity contribution in [2.45, 2.75) is 25.1 Å². The van der Waals surface area contributed by atoms with Crippen LogP contribution in [-0.2, 0) is 12.1 Å². The Morgan fingerprint density at radius 2 is 2.13 bits per heavy atom. The van der Waals surface area contributed by atoms with E-state index < -0.39 is 23.3 Å². The molecule has 120 valence electrons. The zero-order valence-electron chi connectivity index (χ0n) is 12.1. The molecule has 2 atom stereocenters. The van der Waals surface area contributed by atoms with Gasteiger partial charge in [-0.15, -0.1) is 5.10 Å². The zero-order chi connectivity index (χ0) is 16.4. The Morgan fingerprint density at radius 3 is 2.74 bits per heavy atom. The van der Waals surface area contributed by atoms with Crippen LogP contribution in [0.5, 0.6) is 0 Å². The first-order valence-electron chi connectivity index (χ1n) is 6.73. The van der Waals surface area contributed by atoms with Crippen molar-refractivity contribution < 1.29 is 13.9 Å². The van der Waals surface area contributed by atoms with Gasteiger partial charge in [0, 0.05) is 11.6 Å². The molecule has 2 unspecified atom stereocenters. The number of nitrogens with zero attached hydrogens (tertiary/aromatic N) is 7. The fourth-order valence-electron chi connectivity index (χ4n) is 2.41. The molecule has 0 aliphatic heterocycles. The number of hydrogen-bond acceptors (Lipinski definition) is 6. The van der Waals surface area contributed by atoms with Crippen molar-refractivity contribution in [3.05, 3.63) is 54.4 Å². The zero-order valence-corrected chi connectivity index (χ0v) is 12.1. The van der Waals surface area contributed by atoms with Gasteiger partial charge < -0.3 is 5.11 Å².